The lowest BCUT2D eigenvalue weighted by atomic mass is 10.2. The van der Waals surface area contributed by atoms with Crippen LogP contribution in [-0.2, 0) is 12.8 Å². The van der Waals surface area contributed by atoms with Crippen molar-refractivity contribution in [3.05, 3.63) is 53.5 Å². The first kappa shape index (κ1) is 19.0. The Labute approximate surface area is 173 Å². The van der Waals surface area contributed by atoms with Crippen LogP contribution in [0.25, 0.3) is 21.6 Å². The van der Waals surface area contributed by atoms with Crippen molar-refractivity contribution >= 4 is 39.0 Å². The van der Waals surface area contributed by atoms with E-state index in [1.54, 1.807) is 23.1 Å². The molecule has 5 nitrogen and oxygen atoms in total. The highest BCUT2D eigenvalue weighted by atomic mass is 32.2. The monoisotopic (exact) mass is 409 g/mol. The van der Waals surface area contributed by atoms with Gasteiger partial charge in [-0.3, -0.25) is 0 Å². The molecule has 0 saturated heterocycles. The summed E-state index contributed by atoms with van der Waals surface area (Å²) in [6.45, 7) is 6.36. The fraction of sp³-hybridized carbons (Fsp3) is 0.286. The van der Waals surface area contributed by atoms with Gasteiger partial charge in [0, 0.05) is 31.4 Å². The molecule has 2 heterocycles. The Morgan fingerprint density at radius 3 is 2.46 bits per heavy atom. The Morgan fingerprint density at radius 1 is 1.00 bits per heavy atom. The SMILES string of the molecule is CCN(CC)c1ccc(-c2nnc(SCc3nc4ccccc4s3)n2C)cc1. The third kappa shape index (κ3) is 3.77. The number of anilines is 1. The van der Waals surface area contributed by atoms with E-state index in [1.165, 1.54) is 10.4 Å². The van der Waals surface area contributed by atoms with E-state index < -0.39 is 0 Å². The summed E-state index contributed by atoms with van der Waals surface area (Å²) in [4.78, 5) is 7.03. The van der Waals surface area contributed by atoms with Crippen LogP contribution in [-0.4, -0.2) is 32.8 Å². The van der Waals surface area contributed by atoms with Gasteiger partial charge in [0.2, 0.25) is 0 Å². The Bertz CT molecular complexity index is 1030. The van der Waals surface area contributed by atoms with Crippen molar-refractivity contribution in [2.45, 2.75) is 24.8 Å². The molecule has 4 aromatic rings. The molecular weight excluding hydrogens is 386 g/mol. The fourth-order valence-corrected chi connectivity index (χ4v) is 5.08. The lowest BCUT2D eigenvalue weighted by Gasteiger charge is -2.21. The van der Waals surface area contributed by atoms with Gasteiger partial charge >= 0.3 is 0 Å². The number of aromatic nitrogens is 4. The van der Waals surface area contributed by atoms with E-state index >= 15 is 0 Å². The van der Waals surface area contributed by atoms with Gasteiger partial charge in [-0.25, -0.2) is 4.98 Å². The van der Waals surface area contributed by atoms with Crippen LogP contribution in [0.2, 0.25) is 0 Å². The summed E-state index contributed by atoms with van der Waals surface area (Å²) in [7, 11) is 2.02. The normalized spacial score (nSPS) is 11.2. The largest absolute Gasteiger partial charge is 0.372 e. The molecule has 2 aromatic carbocycles. The van der Waals surface area contributed by atoms with E-state index in [4.69, 9.17) is 4.98 Å². The van der Waals surface area contributed by atoms with Gasteiger partial charge in [-0.05, 0) is 50.2 Å². The highest BCUT2D eigenvalue weighted by molar-refractivity contribution is 7.98. The summed E-state index contributed by atoms with van der Waals surface area (Å²) in [6, 6.07) is 16.8. The topological polar surface area (TPSA) is 46.8 Å². The molecule has 0 saturated carbocycles. The molecule has 0 aliphatic carbocycles. The average molecular weight is 410 g/mol. The predicted octanol–water partition coefficient (Wildman–Crippen LogP) is 5.23. The van der Waals surface area contributed by atoms with E-state index in [0.717, 1.165) is 45.9 Å². The molecule has 2 aromatic heterocycles. The molecule has 28 heavy (non-hydrogen) atoms. The average Bonchev–Trinajstić information content (AvgIpc) is 3.31. The molecule has 0 atom stereocenters. The van der Waals surface area contributed by atoms with Gasteiger partial charge in [-0.1, -0.05) is 23.9 Å². The first-order chi connectivity index (χ1) is 13.7. The number of thioether (sulfide) groups is 1. The van der Waals surface area contributed by atoms with E-state index in [0.29, 0.717) is 0 Å². The summed E-state index contributed by atoms with van der Waals surface area (Å²) in [5.41, 5.74) is 3.38. The quantitative estimate of drug-likeness (QED) is 0.391. The third-order valence-electron chi connectivity index (χ3n) is 4.75. The minimum absolute atomic E-state index is 0.798. The van der Waals surface area contributed by atoms with Crippen LogP contribution in [0.15, 0.2) is 53.7 Å². The van der Waals surface area contributed by atoms with Crippen molar-refractivity contribution in [2.75, 3.05) is 18.0 Å². The van der Waals surface area contributed by atoms with Crippen LogP contribution in [0, 0.1) is 0 Å². The zero-order chi connectivity index (χ0) is 19.5. The molecule has 0 aliphatic heterocycles. The zero-order valence-corrected chi connectivity index (χ0v) is 17.9. The number of thiazole rings is 1. The number of fused-ring (bicyclic) bond motifs is 1. The first-order valence-corrected chi connectivity index (χ1v) is 11.2. The molecule has 0 N–H and O–H groups in total. The number of rotatable bonds is 7. The molecule has 4 rings (SSSR count). The number of benzene rings is 2. The van der Waals surface area contributed by atoms with Crippen molar-refractivity contribution in [2.24, 2.45) is 7.05 Å². The zero-order valence-electron chi connectivity index (χ0n) is 16.3. The third-order valence-corrected chi connectivity index (χ3v) is 7.00. The Hall–Kier alpha value is -2.38. The molecule has 0 aliphatic rings. The standard InChI is InChI=1S/C21H23N5S2/c1-4-26(5-2)16-12-10-15(11-13-16)20-23-24-21(25(20)3)27-14-19-22-17-8-6-7-9-18(17)28-19/h6-13H,4-5,14H2,1-3H3. The molecule has 0 spiro atoms. The molecule has 0 radical (unpaired) electrons. The van der Waals surface area contributed by atoms with Gasteiger partial charge < -0.3 is 9.47 Å². The molecule has 0 amide bonds. The van der Waals surface area contributed by atoms with Gasteiger partial charge in [-0.15, -0.1) is 21.5 Å². The smallest absolute Gasteiger partial charge is 0.191 e. The maximum absolute atomic E-state index is 4.70. The van der Waals surface area contributed by atoms with Gasteiger partial charge in [0.15, 0.2) is 11.0 Å². The van der Waals surface area contributed by atoms with Gasteiger partial charge in [0.1, 0.15) is 5.01 Å². The van der Waals surface area contributed by atoms with Crippen LogP contribution in [0.4, 0.5) is 5.69 Å². The summed E-state index contributed by atoms with van der Waals surface area (Å²) >= 11 is 3.42. The fourth-order valence-electron chi connectivity index (χ4n) is 3.21. The number of hydrogen-bond acceptors (Lipinski definition) is 6. The van der Waals surface area contributed by atoms with Crippen LogP contribution in [0.3, 0.4) is 0 Å². The highest BCUT2D eigenvalue weighted by Gasteiger charge is 2.13. The summed E-state index contributed by atoms with van der Waals surface area (Å²) in [5.74, 6) is 1.68. The molecule has 7 heteroatoms. The minimum Gasteiger partial charge on any atom is -0.372 e. The van der Waals surface area contributed by atoms with E-state index in [9.17, 15) is 0 Å². The second-order valence-electron chi connectivity index (χ2n) is 6.45. The second kappa shape index (κ2) is 8.32. The maximum Gasteiger partial charge on any atom is 0.191 e. The molecule has 144 valence electrons. The van der Waals surface area contributed by atoms with Crippen molar-refractivity contribution in [1.29, 1.82) is 0 Å². The second-order valence-corrected chi connectivity index (χ2v) is 8.51. The van der Waals surface area contributed by atoms with Crippen molar-refractivity contribution < 1.29 is 0 Å². The lowest BCUT2D eigenvalue weighted by Crippen LogP contribution is -2.21. The van der Waals surface area contributed by atoms with E-state index in [1.807, 2.05) is 13.1 Å². The molecular formula is C21H23N5S2. The van der Waals surface area contributed by atoms with Gasteiger partial charge in [0.05, 0.1) is 16.0 Å². The Kier molecular flexibility index (Phi) is 5.64. The van der Waals surface area contributed by atoms with Crippen LogP contribution < -0.4 is 4.90 Å². The van der Waals surface area contributed by atoms with E-state index in [2.05, 4.69) is 76.0 Å². The molecule has 0 bridgehead atoms. The molecule has 0 unspecified atom stereocenters. The van der Waals surface area contributed by atoms with Crippen molar-refractivity contribution in [1.82, 2.24) is 19.7 Å². The summed E-state index contributed by atoms with van der Waals surface area (Å²) < 4.78 is 3.29. The van der Waals surface area contributed by atoms with Crippen molar-refractivity contribution in [3.63, 3.8) is 0 Å². The highest BCUT2D eigenvalue weighted by Crippen LogP contribution is 2.29. The van der Waals surface area contributed by atoms with Crippen LogP contribution in [0.5, 0.6) is 0 Å². The minimum atomic E-state index is 0.798. The maximum atomic E-state index is 4.70. The summed E-state index contributed by atoms with van der Waals surface area (Å²) in [6.07, 6.45) is 0. The predicted molar refractivity (Wildman–Crippen MR) is 119 cm³/mol. The Balaban J connectivity index is 1.49. The number of hydrogen-bond donors (Lipinski definition) is 0. The van der Waals surface area contributed by atoms with Crippen LogP contribution >= 0.6 is 23.1 Å². The lowest BCUT2D eigenvalue weighted by molar-refractivity contribution is 0.793. The van der Waals surface area contributed by atoms with Crippen LogP contribution in [0.1, 0.15) is 18.9 Å². The summed E-state index contributed by atoms with van der Waals surface area (Å²) in [5, 5.41) is 10.8. The van der Waals surface area contributed by atoms with Gasteiger partial charge in [-0.2, -0.15) is 0 Å². The number of para-hydroxylation sites is 1. The first-order valence-electron chi connectivity index (χ1n) is 9.41. The Morgan fingerprint density at radius 2 is 1.75 bits per heavy atom. The molecule has 0 fully saturated rings. The number of nitrogens with zero attached hydrogens (tertiary/aromatic N) is 5. The van der Waals surface area contributed by atoms with Crippen molar-refractivity contribution in [3.8, 4) is 11.4 Å². The van der Waals surface area contributed by atoms with E-state index in [-0.39, 0.29) is 0 Å². The van der Waals surface area contributed by atoms with Gasteiger partial charge in [0.25, 0.3) is 0 Å².